The minimum Gasteiger partial charge on any atom is -0.386 e. The predicted molar refractivity (Wildman–Crippen MR) is 51.6 cm³/mol. The Morgan fingerprint density at radius 1 is 1.46 bits per heavy atom. The second-order valence-electron chi connectivity index (χ2n) is 3.25. The van der Waals surface area contributed by atoms with Crippen LogP contribution in [0.3, 0.4) is 0 Å². The third kappa shape index (κ3) is 2.67. The van der Waals surface area contributed by atoms with E-state index in [4.69, 9.17) is 5.11 Å². The van der Waals surface area contributed by atoms with Crippen molar-refractivity contribution in [3.05, 3.63) is 35.4 Å². The summed E-state index contributed by atoms with van der Waals surface area (Å²) >= 11 is 0. The first-order valence-electron chi connectivity index (χ1n) is 4.36. The van der Waals surface area contributed by atoms with Crippen molar-refractivity contribution in [1.82, 2.24) is 0 Å². The van der Waals surface area contributed by atoms with Crippen molar-refractivity contribution in [2.24, 2.45) is 0 Å². The Morgan fingerprint density at radius 2 is 2.08 bits per heavy atom. The number of carbonyl (C=O) groups is 1. The van der Waals surface area contributed by atoms with E-state index in [9.17, 15) is 4.79 Å². The number of ketones is 1. The normalized spacial score (nSPS) is 12.5. The van der Waals surface area contributed by atoms with E-state index in [1.807, 2.05) is 31.2 Å². The molecule has 0 aliphatic heterocycles. The molecule has 0 saturated carbocycles. The second-order valence-corrected chi connectivity index (χ2v) is 3.25. The highest BCUT2D eigenvalue weighted by Crippen LogP contribution is 2.08. The molecule has 1 N–H and O–H groups in total. The van der Waals surface area contributed by atoms with E-state index in [1.54, 1.807) is 0 Å². The zero-order valence-electron chi connectivity index (χ0n) is 7.95. The molecule has 0 amide bonds. The van der Waals surface area contributed by atoms with E-state index in [-0.39, 0.29) is 5.78 Å². The summed E-state index contributed by atoms with van der Waals surface area (Å²) in [6.45, 7) is 3.46. The topological polar surface area (TPSA) is 37.3 Å². The van der Waals surface area contributed by atoms with Gasteiger partial charge < -0.3 is 5.11 Å². The average Bonchev–Trinajstić information content (AvgIpc) is 2.08. The lowest BCUT2D eigenvalue weighted by Gasteiger charge is -2.05. The van der Waals surface area contributed by atoms with Crippen molar-refractivity contribution in [3.8, 4) is 0 Å². The molecule has 0 spiro atoms. The SMILES string of the molecule is Cc1ccccc1CC(=O)C(C)O. The number of aliphatic hydroxyl groups is 1. The molecule has 0 aliphatic carbocycles. The lowest BCUT2D eigenvalue weighted by Crippen LogP contribution is -2.18. The van der Waals surface area contributed by atoms with Crippen LogP contribution >= 0.6 is 0 Å². The summed E-state index contributed by atoms with van der Waals surface area (Å²) in [5.74, 6) is -0.130. The molecule has 0 radical (unpaired) electrons. The maximum atomic E-state index is 11.2. The van der Waals surface area contributed by atoms with E-state index in [0.717, 1.165) is 11.1 Å². The summed E-state index contributed by atoms with van der Waals surface area (Å²) in [6.07, 6.45) is -0.538. The third-order valence-corrected chi connectivity index (χ3v) is 2.09. The van der Waals surface area contributed by atoms with Gasteiger partial charge in [0.15, 0.2) is 5.78 Å². The van der Waals surface area contributed by atoms with Crippen molar-refractivity contribution in [3.63, 3.8) is 0 Å². The number of benzene rings is 1. The van der Waals surface area contributed by atoms with Crippen molar-refractivity contribution >= 4 is 5.78 Å². The number of hydrogen-bond donors (Lipinski definition) is 1. The summed E-state index contributed by atoms with van der Waals surface area (Å²) in [5.41, 5.74) is 2.09. The number of rotatable bonds is 3. The molecule has 2 nitrogen and oxygen atoms in total. The van der Waals surface area contributed by atoms with Crippen LogP contribution in [0, 0.1) is 6.92 Å². The van der Waals surface area contributed by atoms with Crippen LogP contribution in [-0.4, -0.2) is 17.0 Å². The second kappa shape index (κ2) is 4.19. The fraction of sp³-hybridized carbons (Fsp3) is 0.364. The predicted octanol–water partition coefficient (Wildman–Crippen LogP) is 1.49. The standard InChI is InChI=1S/C11H14O2/c1-8-5-3-4-6-10(8)7-11(13)9(2)12/h3-6,9,12H,7H2,1-2H3. The van der Waals surface area contributed by atoms with E-state index in [0.29, 0.717) is 6.42 Å². The number of aliphatic hydroxyl groups excluding tert-OH is 1. The lowest BCUT2D eigenvalue weighted by atomic mass is 10.0. The quantitative estimate of drug-likeness (QED) is 0.761. The highest BCUT2D eigenvalue weighted by molar-refractivity contribution is 5.84. The minimum absolute atomic E-state index is 0.130. The zero-order chi connectivity index (χ0) is 9.84. The van der Waals surface area contributed by atoms with Gasteiger partial charge >= 0.3 is 0 Å². The maximum Gasteiger partial charge on any atom is 0.165 e. The van der Waals surface area contributed by atoms with Gasteiger partial charge in [0.25, 0.3) is 0 Å². The molecule has 2 heteroatoms. The largest absolute Gasteiger partial charge is 0.386 e. The van der Waals surface area contributed by atoms with Crippen LogP contribution in [-0.2, 0) is 11.2 Å². The van der Waals surface area contributed by atoms with E-state index < -0.39 is 6.10 Å². The molecule has 0 aliphatic rings. The molecule has 0 bridgehead atoms. The highest BCUT2D eigenvalue weighted by Gasteiger charge is 2.10. The molecule has 0 fully saturated rings. The van der Waals surface area contributed by atoms with Crippen molar-refractivity contribution < 1.29 is 9.90 Å². The fourth-order valence-electron chi connectivity index (χ4n) is 1.14. The molecule has 1 aromatic rings. The Morgan fingerprint density at radius 3 is 2.62 bits per heavy atom. The van der Waals surface area contributed by atoms with Crippen molar-refractivity contribution in [1.29, 1.82) is 0 Å². The van der Waals surface area contributed by atoms with Crippen LogP contribution in [0.25, 0.3) is 0 Å². The summed E-state index contributed by atoms with van der Waals surface area (Å²) in [5, 5.41) is 9.02. The molecule has 1 aromatic carbocycles. The Balaban J connectivity index is 2.75. The van der Waals surface area contributed by atoms with Gasteiger partial charge in [-0.15, -0.1) is 0 Å². The molecule has 1 atom stereocenters. The van der Waals surface area contributed by atoms with Crippen LogP contribution in [0.2, 0.25) is 0 Å². The van der Waals surface area contributed by atoms with Gasteiger partial charge in [-0.05, 0) is 25.0 Å². The van der Waals surface area contributed by atoms with Gasteiger partial charge in [-0.3, -0.25) is 4.79 Å². The first-order chi connectivity index (χ1) is 6.11. The highest BCUT2D eigenvalue weighted by atomic mass is 16.3. The Hall–Kier alpha value is -1.15. The Labute approximate surface area is 78.2 Å². The van der Waals surface area contributed by atoms with Crippen molar-refractivity contribution in [2.45, 2.75) is 26.4 Å². The maximum absolute atomic E-state index is 11.2. The lowest BCUT2D eigenvalue weighted by molar-refractivity contribution is -0.125. The molecular weight excluding hydrogens is 164 g/mol. The van der Waals surface area contributed by atoms with Gasteiger partial charge in [-0.2, -0.15) is 0 Å². The van der Waals surface area contributed by atoms with Gasteiger partial charge in [-0.25, -0.2) is 0 Å². The van der Waals surface area contributed by atoms with Crippen LogP contribution in [0.15, 0.2) is 24.3 Å². The van der Waals surface area contributed by atoms with Crippen LogP contribution in [0.4, 0.5) is 0 Å². The summed E-state index contributed by atoms with van der Waals surface area (Å²) < 4.78 is 0. The molecular formula is C11H14O2. The van der Waals surface area contributed by atoms with Crippen molar-refractivity contribution in [2.75, 3.05) is 0 Å². The molecule has 0 heterocycles. The number of aryl methyl sites for hydroxylation is 1. The molecule has 1 rings (SSSR count). The van der Waals surface area contributed by atoms with Gasteiger partial charge in [0.2, 0.25) is 0 Å². The van der Waals surface area contributed by atoms with Crippen LogP contribution < -0.4 is 0 Å². The zero-order valence-corrected chi connectivity index (χ0v) is 7.95. The smallest absolute Gasteiger partial charge is 0.165 e. The Bertz CT molecular complexity index is 303. The van der Waals surface area contributed by atoms with Gasteiger partial charge in [-0.1, -0.05) is 24.3 Å². The molecule has 1 unspecified atom stereocenters. The molecule has 0 saturated heterocycles. The summed E-state index contributed by atoms with van der Waals surface area (Å²) in [4.78, 5) is 11.2. The first-order valence-corrected chi connectivity index (χ1v) is 4.36. The monoisotopic (exact) mass is 178 g/mol. The first kappa shape index (κ1) is 9.93. The van der Waals surface area contributed by atoms with Gasteiger partial charge in [0.1, 0.15) is 6.10 Å². The number of carbonyl (C=O) groups excluding carboxylic acids is 1. The molecule has 0 aromatic heterocycles. The van der Waals surface area contributed by atoms with Crippen LogP contribution in [0.5, 0.6) is 0 Å². The van der Waals surface area contributed by atoms with E-state index in [2.05, 4.69) is 0 Å². The van der Waals surface area contributed by atoms with Gasteiger partial charge in [0.05, 0.1) is 0 Å². The van der Waals surface area contributed by atoms with Crippen LogP contribution in [0.1, 0.15) is 18.1 Å². The summed E-state index contributed by atoms with van der Waals surface area (Å²) in [6, 6.07) is 7.71. The molecule has 70 valence electrons. The van der Waals surface area contributed by atoms with Gasteiger partial charge in [0, 0.05) is 6.42 Å². The minimum atomic E-state index is -0.861. The van der Waals surface area contributed by atoms with E-state index in [1.165, 1.54) is 6.92 Å². The van der Waals surface area contributed by atoms with E-state index >= 15 is 0 Å². The molecule has 13 heavy (non-hydrogen) atoms. The number of Topliss-reactive ketones (excluding diaryl/α,β-unsaturated/α-hetero) is 1. The number of hydrogen-bond acceptors (Lipinski definition) is 2. The third-order valence-electron chi connectivity index (χ3n) is 2.09. The summed E-state index contributed by atoms with van der Waals surface area (Å²) in [7, 11) is 0. The fourth-order valence-corrected chi connectivity index (χ4v) is 1.14. The average molecular weight is 178 g/mol. The Kier molecular flexibility index (Phi) is 3.20.